The van der Waals surface area contributed by atoms with Crippen LogP contribution in [0.15, 0.2) is 53.6 Å². The highest BCUT2D eigenvalue weighted by Gasteiger charge is 2.06. The molecule has 1 N–H and O–H groups in total. The van der Waals surface area contributed by atoms with Crippen molar-refractivity contribution in [2.45, 2.75) is 6.42 Å². The number of tetrazole rings is 1. The zero-order chi connectivity index (χ0) is 16.1. The van der Waals surface area contributed by atoms with E-state index in [1.54, 1.807) is 30.5 Å². The minimum atomic E-state index is -0.308. The molecule has 0 aliphatic heterocycles. The largest absolute Gasteiger partial charge is 0.279 e. The Labute approximate surface area is 136 Å². The van der Waals surface area contributed by atoms with Gasteiger partial charge in [0.2, 0.25) is 0 Å². The molecule has 0 atom stereocenters. The third kappa shape index (κ3) is 3.89. The van der Waals surface area contributed by atoms with Crippen LogP contribution in [0.5, 0.6) is 0 Å². The van der Waals surface area contributed by atoms with Crippen molar-refractivity contribution < 1.29 is 4.39 Å². The van der Waals surface area contributed by atoms with E-state index in [0.29, 0.717) is 23.0 Å². The summed E-state index contributed by atoms with van der Waals surface area (Å²) in [4.78, 5) is 0. The summed E-state index contributed by atoms with van der Waals surface area (Å²) in [5, 5.41) is 16.3. The molecule has 6 nitrogen and oxygen atoms in total. The van der Waals surface area contributed by atoms with E-state index in [4.69, 9.17) is 11.6 Å². The Kier molecular flexibility index (Phi) is 4.58. The number of hydrogen-bond acceptors (Lipinski definition) is 5. The maximum Gasteiger partial charge on any atom is 0.162 e. The number of rotatable bonds is 5. The predicted octanol–water partition coefficient (Wildman–Crippen LogP) is 3.10. The van der Waals surface area contributed by atoms with Crippen LogP contribution >= 0.6 is 11.6 Å². The highest BCUT2D eigenvalue weighted by Crippen LogP contribution is 2.13. The van der Waals surface area contributed by atoms with Gasteiger partial charge in [-0.25, -0.2) is 4.39 Å². The van der Waals surface area contributed by atoms with Gasteiger partial charge in [0.25, 0.3) is 0 Å². The second-order valence-corrected chi connectivity index (χ2v) is 5.05. The minimum Gasteiger partial charge on any atom is -0.279 e. The molecule has 1 heterocycles. The van der Waals surface area contributed by atoms with Gasteiger partial charge in [-0.15, -0.1) is 5.10 Å². The Bertz CT molecular complexity index is 798. The molecule has 0 unspecified atom stereocenters. The molecule has 0 fully saturated rings. The smallest absolute Gasteiger partial charge is 0.162 e. The Hall–Kier alpha value is -2.80. The van der Waals surface area contributed by atoms with Gasteiger partial charge in [-0.3, -0.25) is 5.43 Å². The Morgan fingerprint density at radius 3 is 2.61 bits per heavy atom. The molecular weight excluding hydrogens is 319 g/mol. The average Bonchev–Trinajstić information content (AvgIpc) is 3.02. The molecule has 0 bridgehead atoms. The molecule has 0 spiro atoms. The van der Waals surface area contributed by atoms with Gasteiger partial charge in [0.1, 0.15) is 5.82 Å². The third-order valence-corrected chi connectivity index (χ3v) is 3.26. The lowest BCUT2D eigenvalue weighted by Gasteiger charge is -2.02. The van der Waals surface area contributed by atoms with Crippen LogP contribution in [0.4, 0.5) is 10.1 Å². The molecule has 23 heavy (non-hydrogen) atoms. The molecule has 0 amide bonds. The molecule has 8 heteroatoms. The van der Waals surface area contributed by atoms with Crippen molar-refractivity contribution in [3.05, 3.63) is 65.2 Å². The predicted molar refractivity (Wildman–Crippen MR) is 86.4 cm³/mol. The monoisotopic (exact) mass is 330 g/mol. The van der Waals surface area contributed by atoms with Crippen molar-refractivity contribution in [2.75, 3.05) is 5.43 Å². The first-order valence-electron chi connectivity index (χ1n) is 6.79. The van der Waals surface area contributed by atoms with E-state index >= 15 is 0 Å². The number of benzene rings is 2. The molecule has 0 aliphatic rings. The standard InChI is InChI=1S/C15H12ClFN6/c16-11-1-5-13(6-2-11)19-18-10-9-15-20-21-22-23(15)14-7-3-12(17)4-8-14/h1-8,10,19H,9H2/b18-10-. The van der Waals surface area contributed by atoms with Crippen LogP contribution in [0.1, 0.15) is 5.82 Å². The van der Waals surface area contributed by atoms with Gasteiger partial charge in [-0.2, -0.15) is 9.78 Å². The maximum absolute atomic E-state index is 13.0. The summed E-state index contributed by atoms with van der Waals surface area (Å²) >= 11 is 5.81. The highest BCUT2D eigenvalue weighted by atomic mass is 35.5. The van der Waals surface area contributed by atoms with E-state index in [1.165, 1.54) is 16.8 Å². The summed E-state index contributed by atoms with van der Waals surface area (Å²) in [5.41, 5.74) is 4.39. The molecule has 116 valence electrons. The van der Waals surface area contributed by atoms with Crippen molar-refractivity contribution in [3.63, 3.8) is 0 Å². The summed E-state index contributed by atoms with van der Waals surface area (Å²) < 4.78 is 14.5. The molecule has 2 aromatic carbocycles. The zero-order valence-corrected chi connectivity index (χ0v) is 12.7. The van der Waals surface area contributed by atoms with E-state index in [-0.39, 0.29) is 5.82 Å². The van der Waals surface area contributed by atoms with E-state index in [0.717, 1.165) is 5.69 Å². The van der Waals surface area contributed by atoms with Gasteiger partial charge in [0.15, 0.2) is 5.82 Å². The second kappa shape index (κ2) is 6.97. The molecule has 0 saturated carbocycles. The number of anilines is 1. The quantitative estimate of drug-likeness (QED) is 0.576. The molecular formula is C15H12ClFN6. The van der Waals surface area contributed by atoms with Crippen molar-refractivity contribution in [3.8, 4) is 5.69 Å². The normalized spacial score (nSPS) is 11.0. The highest BCUT2D eigenvalue weighted by molar-refractivity contribution is 6.30. The molecule has 3 aromatic rings. The summed E-state index contributed by atoms with van der Waals surface area (Å²) in [6, 6.07) is 13.1. The van der Waals surface area contributed by atoms with E-state index in [1.807, 2.05) is 12.1 Å². The third-order valence-electron chi connectivity index (χ3n) is 3.01. The van der Waals surface area contributed by atoms with Crippen LogP contribution < -0.4 is 5.43 Å². The minimum absolute atomic E-state index is 0.308. The van der Waals surface area contributed by atoms with Crippen molar-refractivity contribution in [1.29, 1.82) is 0 Å². The SMILES string of the molecule is Fc1ccc(-n2nnnc2C/C=N\Nc2ccc(Cl)cc2)cc1. The van der Waals surface area contributed by atoms with Crippen molar-refractivity contribution >= 4 is 23.5 Å². The Morgan fingerprint density at radius 2 is 1.87 bits per heavy atom. The van der Waals surface area contributed by atoms with Crippen LogP contribution in [-0.2, 0) is 6.42 Å². The number of nitrogens with one attached hydrogen (secondary N) is 1. The fraction of sp³-hybridized carbons (Fsp3) is 0.0667. The lowest BCUT2D eigenvalue weighted by atomic mass is 10.3. The topological polar surface area (TPSA) is 68.0 Å². The van der Waals surface area contributed by atoms with Gasteiger partial charge >= 0.3 is 0 Å². The van der Waals surface area contributed by atoms with Crippen LogP contribution in [0.2, 0.25) is 5.02 Å². The van der Waals surface area contributed by atoms with Crippen LogP contribution in [0.3, 0.4) is 0 Å². The summed E-state index contributed by atoms with van der Waals surface area (Å²) in [6.07, 6.45) is 2.07. The number of nitrogens with zero attached hydrogens (tertiary/aromatic N) is 5. The number of halogens is 2. The molecule has 1 aromatic heterocycles. The van der Waals surface area contributed by atoms with Gasteiger partial charge in [0, 0.05) is 17.7 Å². The molecule has 3 rings (SSSR count). The number of hydrogen-bond donors (Lipinski definition) is 1. The van der Waals surface area contributed by atoms with Crippen molar-refractivity contribution in [2.24, 2.45) is 5.10 Å². The van der Waals surface area contributed by atoms with Crippen LogP contribution in [0, 0.1) is 5.82 Å². The van der Waals surface area contributed by atoms with Crippen molar-refractivity contribution in [1.82, 2.24) is 20.2 Å². The van der Waals surface area contributed by atoms with Gasteiger partial charge in [-0.1, -0.05) is 11.6 Å². The summed E-state index contributed by atoms with van der Waals surface area (Å²) in [5.74, 6) is 0.287. The van der Waals surface area contributed by atoms with E-state index in [2.05, 4.69) is 26.1 Å². The second-order valence-electron chi connectivity index (χ2n) is 4.62. The molecule has 0 saturated heterocycles. The fourth-order valence-corrected chi connectivity index (χ4v) is 2.01. The summed E-state index contributed by atoms with van der Waals surface area (Å²) in [6.45, 7) is 0. The average molecular weight is 331 g/mol. The maximum atomic E-state index is 13.0. The first kappa shape index (κ1) is 15.1. The fourth-order valence-electron chi connectivity index (χ4n) is 1.89. The van der Waals surface area contributed by atoms with Crippen LogP contribution in [-0.4, -0.2) is 26.4 Å². The van der Waals surface area contributed by atoms with Gasteiger partial charge in [-0.05, 0) is 59.0 Å². The van der Waals surface area contributed by atoms with Gasteiger partial charge in [0.05, 0.1) is 11.4 Å². The molecule has 0 radical (unpaired) electrons. The van der Waals surface area contributed by atoms with Gasteiger partial charge < -0.3 is 0 Å². The number of hydrazone groups is 1. The number of aromatic nitrogens is 4. The Morgan fingerprint density at radius 1 is 1.13 bits per heavy atom. The van der Waals surface area contributed by atoms with Crippen LogP contribution in [0.25, 0.3) is 5.69 Å². The first-order chi connectivity index (χ1) is 11.2. The van der Waals surface area contributed by atoms with E-state index in [9.17, 15) is 4.39 Å². The Balaban J connectivity index is 1.65. The lowest BCUT2D eigenvalue weighted by molar-refractivity contribution is 0.626. The first-order valence-corrected chi connectivity index (χ1v) is 7.16. The lowest BCUT2D eigenvalue weighted by Crippen LogP contribution is -2.04. The summed E-state index contributed by atoms with van der Waals surface area (Å²) in [7, 11) is 0. The zero-order valence-electron chi connectivity index (χ0n) is 11.9. The van der Waals surface area contributed by atoms with E-state index < -0.39 is 0 Å². The molecule has 0 aliphatic carbocycles.